The van der Waals surface area contributed by atoms with Gasteiger partial charge in [0.25, 0.3) is 0 Å². The Bertz CT molecular complexity index is 638. The van der Waals surface area contributed by atoms with Crippen molar-refractivity contribution >= 4 is 17.3 Å². The zero-order chi connectivity index (χ0) is 14.9. The molecule has 0 N–H and O–H groups in total. The molecule has 0 radical (unpaired) electrons. The Morgan fingerprint density at radius 2 is 2.00 bits per heavy atom. The molecule has 0 aliphatic heterocycles. The lowest BCUT2D eigenvalue weighted by Gasteiger charge is -2.02. The van der Waals surface area contributed by atoms with Crippen LogP contribution in [-0.4, -0.2) is 14.7 Å². The minimum atomic E-state index is -0.522. The summed E-state index contributed by atoms with van der Waals surface area (Å²) < 4.78 is 14.2. The third kappa shape index (κ3) is 2.80. The molecule has 0 unspecified atom stereocenters. The topological polar surface area (TPSA) is 61.0 Å². The Morgan fingerprint density at radius 1 is 1.40 bits per heavy atom. The van der Waals surface area contributed by atoms with Crippen molar-refractivity contribution in [2.75, 3.05) is 0 Å². The molecule has 20 heavy (non-hydrogen) atoms. The number of halogens is 2. The van der Waals surface area contributed by atoms with Crippen molar-refractivity contribution in [2.45, 2.75) is 26.3 Å². The molecule has 1 heterocycles. The predicted octanol–water partition coefficient (Wildman–Crippen LogP) is 3.76. The van der Waals surface area contributed by atoms with Crippen molar-refractivity contribution in [1.82, 2.24) is 9.78 Å². The molecule has 5 nitrogen and oxygen atoms in total. The van der Waals surface area contributed by atoms with Crippen LogP contribution in [0.1, 0.15) is 31.0 Å². The maximum absolute atomic E-state index is 12.8. The predicted molar refractivity (Wildman–Crippen MR) is 73.5 cm³/mol. The van der Waals surface area contributed by atoms with E-state index in [0.29, 0.717) is 5.69 Å². The van der Waals surface area contributed by atoms with Gasteiger partial charge in [0.05, 0.1) is 11.5 Å². The number of nitro groups is 1. The number of nitrogens with zero attached hydrogens (tertiary/aromatic N) is 3. The first-order valence-electron chi connectivity index (χ1n) is 6.05. The normalized spacial score (nSPS) is 11.1. The first-order valence-corrected chi connectivity index (χ1v) is 6.43. The molecule has 0 bridgehead atoms. The van der Waals surface area contributed by atoms with E-state index in [9.17, 15) is 14.5 Å². The highest BCUT2D eigenvalue weighted by atomic mass is 35.5. The largest absolute Gasteiger partial charge is 0.329 e. The van der Waals surface area contributed by atoms with Crippen molar-refractivity contribution in [2.24, 2.45) is 0 Å². The first kappa shape index (κ1) is 14.5. The van der Waals surface area contributed by atoms with Crippen LogP contribution < -0.4 is 0 Å². The summed E-state index contributed by atoms with van der Waals surface area (Å²) in [7, 11) is 0. The molecule has 1 aromatic heterocycles. The van der Waals surface area contributed by atoms with E-state index in [-0.39, 0.29) is 29.1 Å². The van der Waals surface area contributed by atoms with E-state index in [0.717, 1.165) is 5.56 Å². The second-order valence-corrected chi connectivity index (χ2v) is 5.08. The summed E-state index contributed by atoms with van der Waals surface area (Å²) >= 11 is 6.03. The van der Waals surface area contributed by atoms with Crippen LogP contribution in [0, 0.1) is 15.9 Å². The Labute approximate surface area is 120 Å². The Kier molecular flexibility index (Phi) is 4.04. The van der Waals surface area contributed by atoms with E-state index >= 15 is 0 Å². The molecule has 7 heteroatoms. The lowest BCUT2D eigenvalue weighted by atomic mass is 10.1. The summed E-state index contributed by atoms with van der Waals surface area (Å²) in [5.41, 5.74) is 0.951. The van der Waals surface area contributed by atoms with E-state index in [1.54, 1.807) is 12.1 Å². The van der Waals surface area contributed by atoms with Gasteiger partial charge in [-0.2, -0.15) is 5.10 Å². The molecule has 0 saturated heterocycles. The summed E-state index contributed by atoms with van der Waals surface area (Å²) in [6.07, 6.45) is 0. The van der Waals surface area contributed by atoms with Crippen LogP contribution in [-0.2, 0) is 6.54 Å². The zero-order valence-electron chi connectivity index (χ0n) is 11.0. The maximum Gasteiger partial charge on any atom is 0.329 e. The molecular formula is C13H13ClFN3O2. The minimum absolute atomic E-state index is 0.0111. The molecule has 1 aromatic carbocycles. The smallest absolute Gasteiger partial charge is 0.258 e. The highest BCUT2D eigenvalue weighted by Crippen LogP contribution is 2.33. The standard InChI is InChI=1S/C13H13ClFN3O2/c1-8(2)11-12(18(19)20)13(14)17(16-11)7-9-3-5-10(15)6-4-9/h3-6,8H,7H2,1-2H3. The van der Waals surface area contributed by atoms with Crippen LogP contribution in [0.15, 0.2) is 24.3 Å². The van der Waals surface area contributed by atoms with Crippen molar-refractivity contribution in [3.63, 3.8) is 0 Å². The number of benzene rings is 1. The fourth-order valence-electron chi connectivity index (χ4n) is 1.87. The van der Waals surface area contributed by atoms with Gasteiger partial charge in [0.1, 0.15) is 11.5 Å². The highest BCUT2D eigenvalue weighted by molar-refractivity contribution is 6.31. The average Bonchev–Trinajstić information content (AvgIpc) is 2.70. The number of aromatic nitrogens is 2. The minimum Gasteiger partial charge on any atom is -0.258 e. The fourth-order valence-corrected chi connectivity index (χ4v) is 2.14. The Hall–Kier alpha value is -1.95. The van der Waals surface area contributed by atoms with Crippen LogP contribution in [0.2, 0.25) is 5.15 Å². The van der Waals surface area contributed by atoms with Crippen molar-refractivity contribution in [3.8, 4) is 0 Å². The third-order valence-corrected chi connectivity index (χ3v) is 3.24. The third-order valence-electron chi connectivity index (χ3n) is 2.87. The molecule has 0 saturated carbocycles. The molecule has 0 atom stereocenters. The van der Waals surface area contributed by atoms with Gasteiger partial charge in [0, 0.05) is 5.92 Å². The quantitative estimate of drug-likeness (QED) is 0.637. The fraction of sp³-hybridized carbons (Fsp3) is 0.308. The monoisotopic (exact) mass is 297 g/mol. The molecule has 0 aliphatic carbocycles. The molecule has 0 fully saturated rings. The van der Waals surface area contributed by atoms with Crippen LogP contribution in [0.3, 0.4) is 0 Å². The van der Waals surface area contributed by atoms with Crippen LogP contribution in [0.25, 0.3) is 0 Å². The van der Waals surface area contributed by atoms with Crippen LogP contribution in [0.4, 0.5) is 10.1 Å². The summed E-state index contributed by atoms with van der Waals surface area (Å²) in [5, 5.41) is 15.3. The van der Waals surface area contributed by atoms with Gasteiger partial charge in [-0.1, -0.05) is 37.6 Å². The number of hydrogen-bond donors (Lipinski definition) is 0. The zero-order valence-corrected chi connectivity index (χ0v) is 11.8. The first-order chi connectivity index (χ1) is 9.40. The molecule has 0 spiro atoms. The van der Waals surface area contributed by atoms with Crippen molar-refractivity contribution < 1.29 is 9.31 Å². The van der Waals surface area contributed by atoms with E-state index in [1.165, 1.54) is 16.8 Å². The van der Waals surface area contributed by atoms with E-state index < -0.39 is 4.92 Å². The summed E-state index contributed by atoms with van der Waals surface area (Å²) in [6, 6.07) is 5.83. The van der Waals surface area contributed by atoms with Gasteiger partial charge >= 0.3 is 5.69 Å². The SMILES string of the molecule is CC(C)c1nn(Cc2ccc(F)cc2)c(Cl)c1[N+](=O)[O-]. The summed E-state index contributed by atoms with van der Waals surface area (Å²) in [6.45, 7) is 3.88. The van der Waals surface area contributed by atoms with Crippen LogP contribution >= 0.6 is 11.6 Å². The lowest BCUT2D eigenvalue weighted by Crippen LogP contribution is -2.03. The summed E-state index contributed by atoms with van der Waals surface area (Å²) in [5.74, 6) is -0.448. The molecule has 0 aliphatic rings. The highest BCUT2D eigenvalue weighted by Gasteiger charge is 2.28. The summed E-state index contributed by atoms with van der Waals surface area (Å²) in [4.78, 5) is 10.6. The number of rotatable bonds is 4. The van der Waals surface area contributed by atoms with Gasteiger partial charge in [-0.15, -0.1) is 0 Å². The van der Waals surface area contributed by atoms with Gasteiger partial charge < -0.3 is 0 Å². The van der Waals surface area contributed by atoms with Crippen LogP contribution in [0.5, 0.6) is 0 Å². The van der Waals surface area contributed by atoms with E-state index in [1.807, 2.05) is 13.8 Å². The van der Waals surface area contributed by atoms with Gasteiger partial charge in [0.15, 0.2) is 0 Å². The van der Waals surface area contributed by atoms with Gasteiger partial charge in [0.2, 0.25) is 5.15 Å². The Morgan fingerprint density at radius 3 is 2.45 bits per heavy atom. The molecule has 106 valence electrons. The van der Waals surface area contributed by atoms with Crippen molar-refractivity contribution in [3.05, 3.63) is 56.6 Å². The maximum atomic E-state index is 12.8. The second-order valence-electron chi connectivity index (χ2n) is 4.72. The van der Waals surface area contributed by atoms with Gasteiger partial charge in [-0.25, -0.2) is 9.07 Å². The van der Waals surface area contributed by atoms with Gasteiger partial charge in [-0.05, 0) is 17.7 Å². The second kappa shape index (κ2) is 5.58. The Balaban J connectivity index is 2.40. The number of hydrogen-bond acceptors (Lipinski definition) is 3. The van der Waals surface area contributed by atoms with Gasteiger partial charge in [-0.3, -0.25) is 10.1 Å². The molecule has 2 rings (SSSR count). The van der Waals surface area contributed by atoms with E-state index in [2.05, 4.69) is 5.10 Å². The molecular weight excluding hydrogens is 285 g/mol. The van der Waals surface area contributed by atoms with Crippen molar-refractivity contribution in [1.29, 1.82) is 0 Å². The molecule has 0 amide bonds. The van der Waals surface area contributed by atoms with E-state index in [4.69, 9.17) is 11.6 Å². The molecule has 2 aromatic rings. The average molecular weight is 298 g/mol. The lowest BCUT2D eigenvalue weighted by molar-refractivity contribution is -0.385.